The van der Waals surface area contributed by atoms with Gasteiger partial charge < -0.3 is 14.9 Å². The smallest absolute Gasteiger partial charge is 0.227 e. The van der Waals surface area contributed by atoms with Crippen molar-refractivity contribution in [2.75, 3.05) is 11.4 Å². The average Bonchev–Trinajstić information content (AvgIpc) is 3.20. The van der Waals surface area contributed by atoms with Crippen molar-refractivity contribution in [1.82, 2.24) is 9.97 Å². The number of fused-ring (bicyclic) bond motifs is 2. The monoisotopic (exact) mass is 365 g/mol. The summed E-state index contributed by atoms with van der Waals surface area (Å²) in [5, 5.41) is 0. The SMILES string of the molecule is Cc1ccc2c(c1)CCN2C(=O)CCC(C)c1ccc2[nH]c(=S)[nH]c2c1. The van der Waals surface area contributed by atoms with E-state index in [2.05, 4.69) is 54.1 Å². The van der Waals surface area contributed by atoms with Crippen molar-refractivity contribution in [3.63, 3.8) is 0 Å². The van der Waals surface area contributed by atoms with E-state index in [1.54, 1.807) is 0 Å². The molecule has 5 heteroatoms. The first kappa shape index (κ1) is 17.0. The Labute approximate surface area is 158 Å². The molecule has 4 nitrogen and oxygen atoms in total. The fourth-order valence-electron chi connectivity index (χ4n) is 3.79. The molecule has 0 saturated heterocycles. The minimum atomic E-state index is 0.224. The quantitative estimate of drug-likeness (QED) is 0.639. The van der Waals surface area contributed by atoms with Crippen LogP contribution in [0.15, 0.2) is 36.4 Å². The van der Waals surface area contributed by atoms with E-state index in [1.807, 2.05) is 11.0 Å². The maximum Gasteiger partial charge on any atom is 0.227 e. The number of amides is 1. The van der Waals surface area contributed by atoms with E-state index in [0.717, 1.165) is 36.1 Å². The Kier molecular flexibility index (Phi) is 4.41. The average molecular weight is 366 g/mol. The first-order valence-electron chi connectivity index (χ1n) is 9.13. The lowest BCUT2D eigenvalue weighted by Crippen LogP contribution is -2.28. The van der Waals surface area contributed by atoms with E-state index >= 15 is 0 Å². The van der Waals surface area contributed by atoms with E-state index in [1.165, 1.54) is 16.7 Å². The van der Waals surface area contributed by atoms with Gasteiger partial charge in [0.15, 0.2) is 4.77 Å². The number of aryl methyl sites for hydroxylation is 1. The Bertz CT molecular complexity index is 1030. The summed E-state index contributed by atoms with van der Waals surface area (Å²) in [7, 11) is 0. The molecule has 0 radical (unpaired) electrons. The van der Waals surface area contributed by atoms with Gasteiger partial charge in [-0.25, -0.2) is 0 Å². The molecule has 1 atom stereocenters. The summed E-state index contributed by atoms with van der Waals surface area (Å²) in [6, 6.07) is 12.7. The molecule has 3 aromatic rings. The summed E-state index contributed by atoms with van der Waals surface area (Å²) < 4.78 is 0.642. The number of imidazole rings is 1. The van der Waals surface area contributed by atoms with Crippen LogP contribution in [-0.2, 0) is 11.2 Å². The van der Waals surface area contributed by atoms with E-state index < -0.39 is 0 Å². The fourth-order valence-corrected chi connectivity index (χ4v) is 4.01. The van der Waals surface area contributed by atoms with Crippen molar-refractivity contribution in [2.45, 2.75) is 39.0 Å². The minimum absolute atomic E-state index is 0.224. The Morgan fingerprint density at radius 3 is 2.85 bits per heavy atom. The predicted molar refractivity (Wildman–Crippen MR) is 108 cm³/mol. The Morgan fingerprint density at radius 1 is 1.19 bits per heavy atom. The summed E-state index contributed by atoms with van der Waals surface area (Å²) in [5.41, 5.74) is 6.91. The van der Waals surface area contributed by atoms with Crippen LogP contribution in [0, 0.1) is 11.7 Å². The largest absolute Gasteiger partial charge is 0.331 e. The van der Waals surface area contributed by atoms with E-state index in [0.29, 0.717) is 17.1 Å². The van der Waals surface area contributed by atoms with Crippen LogP contribution in [0.25, 0.3) is 11.0 Å². The number of rotatable bonds is 4. The molecule has 134 valence electrons. The lowest BCUT2D eigenvalue weighted by Gasteiger charge is -2.19. The highest BCUT2D eigenvalue weighted by molar-refractivity contribution is 7.71. The Balaban J connectivity index is 1.43. The van der Waals surface area contributed by atoms with Gasteiger partial charge in [-0.15, -0.1) is 0 Å². The van der Waals surface area contributed by atoms with Gasteiger partial charge in [-0.1, -0.05) is 30.7 Å². The van der Waals surface area contributed by atoms with Crippen molar-refractivity contribution >= 4 is 34.8 Å². The van der Waals surface area contributed by atoms with E-state index in [4.69, 9.17) is 12.2 Å². The van der Waals surface area contributed by atoms with Crippen LogP contribution in [0.1, 0.15) is 42.4 Å². The molecule has 0 aliphatic carbocycles. The van der Waals surface area contributed by atoms with Gasteiger partial charge in [-0.2, -0.15) is 0 Å². The number of hydrogen-bond acceptors (Lipinski definition) is 2. The number of aromatic amines is 2. The van der Waals surface area contributed by atoms with Gasteiger partial charge in [0.05, 0.1) is 11.0 Å². The molecular formula is C21H23N3OS. The lowest BCUT2D eigenvalue weighted by atomic mass is 9.95. The molecule has 0 fully saturated rings. The standard InChI is InChI=1S/C21H23N3OS/c1-13-3-7-19-16(11-13)9-10-24(19)20(25)8-4-14(2)15-5-6-17-18(12-15)23-21(26)22-17/h3,5-7,11-12,14H,4,8-10H2,1-2H3,(H2,22,23,26). The first-order chi connectivity index (χ1) is 12.5. The highest BCUT2D eigenvalue weighted by atomic mass is 32.1. The van der Waals surface area contributed by atoms with Gasteiger partial charge in [-0.3, -0.25) is 4.79 Å². The normalized spacial score (nSPS) is 14.6. The zero-order valence-electron chi connectivity index (χ0n) is 15.1. The first-order valence-corrected chi connectivity index (χ1v) is 9.54. The molecule has 1 aliphatic heterocycles. The number of anilines is 1. The number of carbonyl (C=O) groups is 1. The van der Waals surface area contributed by atoms with Crippen molar-refractivity contribution < 1.29 is 4.79 Å². The number of nitrogens with zero attached hydrogens (tertiary/aromatic N) is 1. The summed E-state index contributed by atoms with van der Waals surface area (Å²) in [6.07, 6.45) is 2.37. The second-order valence-electron chi connectivity index (χ2n) is 7.25. The van der Waals surface area contributed by atoms with Gasteiger partial charge in [0.1, 0.15) is 0 Å². The van der Waals surface area contributed by atoms with Gasteiger partial charge in [0, 0.05) is 18.7 Å². The number of H-pyrrole nitrogens is 2. The van der Waals surface area contributed by atoms with Crippen LogP contribution in [0.3, 0.4) is 0 Å². The third-order valence-corrected chi connectivity index (χ3v) is 5.54. The number of carbonyl (C=O) groups excluding carboxylic acids is 1. The van der Waals surface area contributed by atoms with Gasteiger partial charge in [0.25, 0.3) is 0 Å². The van der Waals surface area contributed by atoms with Crippen LogP contribution in [0.5, 0.6) is 0 Å². The van der Waals surface area contributed by atoms with Gasteiger partial charge >= 0.3 is 0 Å². The fraction of sp³-hybridized carbons (Fsp3) is 0.333. The molecule has 4 rings (SSSR count). The molecule has 2 heterocycles. The Hall–Kier alpha value is -2.40. The van der Waals surface area contributed by atoms with Crippen LogP contribution in [0.2, 0.25) is 0 Å². The highest BCUT2D eigenvalue weighted by Crippen LogP contribution is 2.30. The van der Waals surface area contributed by atoms with Gasteiger partial charge in [0.2, 0.25) is 5.91 Å². The summed E-state index contributed by atoms with van der Waals surface area (Å²) in [4.78, 5) is 21.0. The third-order valence-electron chi connectivity index (χ3n) is 5.33. The van der Waals surface area contributed by atoms with Crippen molar-refractivity contribution in [1.29, 1.82) is 0 Å². The minimum Gasteiger partial charge on any atom is -0.331 e. The molecule has 0 saturated carbocycles. The number of benzene rings is 2. The van der Waals surface area contributed by atoms with Crippen LogP contribution < -0.4 is 4.90 Å². The molecule has 1 amide bonds. The molecule has 1 aliphatic rings. The number of hydrogen-bond donors (Lipinski definition) is 2. The zero-order chi connectivity index (χ0) is 18.3. The number of aromatic nitrogens is 2. The van der Waals surface area contributed by atoms with E-state index in [-0.39, 0.29) is 5.91 Å². The maximum atomic E-state index is 12.7. The summed E-state index contributed by atoms with van der Waals surface area (Å²) >= 11 is 5.15. The Morgan fingerprint density at radius 2 is 2.00 bits per heavy atom. The molecule has 0 bridgehead atoms. The van der Waals surface area contributed by atoms with Gasteiger partial charge in [-0.05, 0) is 67.2 Å². The second-order valence-corrected chi connectivity index (χ2v) is 7.66. The van der Waals surface area contributed by atoms with Crippen LogP contribution in [-0.4, -0.2) is 22.4 Å². The molecule has 2 aromatic carbocycles. The van der Waals surface area contributed by atoms with Crippen LogP contribution in [0.4, 0.5) is 5.69 Å². The second kappa shape index (κ2) is 6.72. The number of nitrogens with one attached hydrogen (secondary N) is 2. The predicted octanol–water partition coefficient (Wildman–Crippen LogP) is 5.01. The lowest BCUT2D eigenvalue weighted by molar-refractivity contribution is -0.118. The summed E-state index contributed by atoms with van der Waals surface area (Å²) in [6.45, 7) is 5.08. The molecular weight excluding hydrogens is 342 g/mol. The summed E-state index contributed by atoms with van der Waals surface area (Å²) in [5.74, 6) is 0.543. The molecule has 1 aromatic heterocycles. The zero-order valence-corrected chi connectivity index (χ0v) is 16.0. The van der Waals surface area contributed by atoms with Crippen LogP contribution >= 0.6 is 12.2 Å². The molecule has 26 heavy (non-hydrogen) atoms. The maximum absolute atomic E-state index is 12.7. The third kappa shape index (κ3) is 3.19. The molecule has 2 N–H and O–H groups in total. The highest BCUT2D eigenvalue weighted by Gasteiger charge is 2.24. The van der Waals surface area contributed by atoms with Crippen molar-refractivity contribution in [2.24, 2.45) is 0 Å². The van der Waals surface area contributed by atoms with Crippen molar-refractivity contribution in [3.05, 3.63) is 57.9 Å². The topological polar surface area (TPSA) is 51.9 Å². The van der Waals surface area contributed by atoms with Crippen molar-refractivity contribution in [3.8, 4) is 0 Å². The molecule has 1 unspecified atom stereocenters. The van der Waals surface area contributed by atoms with E-state index in [9.17, 15) is 4.79 Å². The molecule has 0 spiro atoms.